The van der Waals surface area contributed by atoms with Gasteiger partial charge in [-0.05, 0) is 50.3 Å². The summed E-state index contributed by atoms with van der Waals surface area (Å²) in [4.78, 5) is 4.35. The maximum atomic E-state index is 15.3. The molecule has 3 heterocycles. The van der Waals surface area contributed by atoms with Gasteiger partial charge in [-0.25, -0.2) is 22.1 Å². The topological polar surface area (TPSA) is 96.7 Å². The number of sulfonamides is 1. The third-order valence-electron chi connectivity index (χ3n) is 7.83. The third-order valence-corrected chi connectivity index (χ3v) is 9.13. The van der Waals surface area contributed by atoms with Crippen molar-refractivity contribution in [3.8, 4) is 5.75 Å². The van der Waals surface area contributed by atoms with Gasteiger partial charge < -0.3 is 19.7 Å². The molecule has 0 amide bonds. The van der Waals surface area contributed by atoms with E-state index in [4.69, 9.17) is 4.74 Å². The number of hydrogen-bond donors (Lipinski definition) is 2. The van der Waals surface area contributed by atoms with Crippen molar-refractivity contribution in [2.45, 2.75) is 62.5 Å². The fraction of sp³-hybridized carbons (Fsp3) is 0.519. The number of imidazole rings is 1. The molecule has 2 aliphatic rings. The molecular weight excluding hydrogens is 552 g/mol. The Balaban J connectivity index is 1.27. The predicted octanol–water partition coefficient (Wildman–Crippen LogP) is 4.20. The van der Waals surface area contributed by atoms with Crippen molar-refractivity contribution in [3.05, 3.63) is 59.7 Å². The zero-order valence-electron chi connectivity index (χ0n) is 22.2. The van der Waals surface area contributed by atoms with Gasteiger partial charge in [0.2, 0.25) is 10.0 Å². The second-order valence-corrected chi connectivity index (χ2v) is 12.9. The fourth-order valence-electron chi connectivity index (χ4n) is 5.94. The number of benzene rings is 2. The van der Waals surface area contributed by atoms with Crippen LogP contribution < -0.4 is 10.1 Å². The Hall–Kier alpha value is -2.74. The highest BCUT2D eigenvalue weighted by atomic mass is 32.2. The summed E-state index contributed by atoms with van der Waals surface area (Å²) >= 11 is 0. The lowest BCUT2D eigenvalue weighted by Gasteiger charge is -2.41. The van der Waals surface area contributed by atoms with Crippen LogP contribution in [0.1, 0.15) is 49.8 Å². The number of fused-ring (bicyclic) bond motifs is 1. The van der Waals surface area contributed by atoms with Crippen LogP contribution in [0.3, 0.4) is 0 Å². The molecule has 0 spiro atoms. The molecule has 13 heteroatoms. The van der Waals surface area contributed by atoms with Crippen LogP contribution in [0.4, 0.5) is 17.6 Å². The molecule has 0 radical (unpaired) electrons. The smallest absolute Gasteiger partial charge is 0.416 e. The average molecular weight is 585 g/mol. The van der Waals surface area contributed by atoms with Gasteiger partial charge in [-0.2, -0.15) is 13.2 Å². The standard InChI is InChI=1S/C27H32F4N4O4S/c1-17-13-26(36,18-3-5-19(6-4-18)27(29,30)31)14-20(33-17)15-39-22-11-23(28)25-24(12-22)32-16-35(25)21-7-9-34(10-8-21)40(2,37)38/h3-6,11-12,16-17,20-21,33,36H,7-10,13-15H2,1-2H3. The number of alkyl halides is 3. The van der Waals surface area contributed by atoms with E-state index in [1.807, 2.05) is 6.92 Å². The van der Waals surface area contributed by atoms with Crippen LogP contribution in [0.15, 0.2) is 42.7 Å². The number of piperidine rings is 2. The Morgan fingerprint density at radius 3 is 2.45 bits per heavy atom. The molecule has 0 saturated carbocycles. The second kappa shape index (κ2) is 10.6. The van der Waals surface area contributed by atoms with E-state index >= 15 is 4.39 Å². The van der Waals surface area contributed by atoms with Gasteiger partial charge >= 0.3 is 6.18 Å². The van der Waals surface area contributed by atoms with Crippen molar-refractivity contribution in [2.24, 2.45) is 0 Å². The van der Waals surface area contributed by atoms with Gasteiger partial charge in [0, 0.05) is 43.3 Å². The molecule has 5 rings (SSSR count). The average Bonchev–Trinajstić information content (AvgIpc) is 3.31. The van der Waals surface area contributed by atoms with Gasteiger partial charge in [-0.1, -0.05) is 12.1 Å². The molecule has 0 bridgehead atoms. The first-order valence-corrected chi connectivity index (χ1v) is 15.0. The highest BCUT2D eigenvalue weighted by molar-refractivity contribution is 7.88. The van der Waals surface area contributed by atoms with Crippen molar-refractivity contribution in [2.75, 3.05) is 26.0 Å². The SMILES string of the molecule is CC1CC(O)(c2ccc(C(F)(F)F)cc2)CC(COc2cc(F)c3c(c2)ncn3C2CCN(S(C)(=O)=O)CC2)N1. The fourth-order valence-corrected chi connectivity index (χ4v) is 6.81. The zero-order valence-corrected chi connectivity index (χ0v) is 23.0. The minimum Gasteiger partial charge on any atom is -0.492 e. The number of nitrogens with one attached hydrogen (secondary N) is 1. The second-order valence-electron chi connectivity index (χ2n) is 10.9. The molecule has 40 heavy (non-hydrogen) atoms. The van der Waals surface area contributed by atoms with Gasteiger partial charge in [-0.15, -0.1) is 0 Å². The van der Waals surface area contributed by atoms with E-state index in [0.29, 0.717) is 48.9 Å². The number of ether oxygens (including phenoxy) is 1. The molecule has 2 saturated heterocycles. The zero-order chi connectivity index (χ0) is 28.9. The molecule has 218 valence electrons. The van der Waals surface area contributed by atoms with Crippen LogP contribution >= 0.6 is 0 Å². The maximum absolute atomic E-state index is 15.3. The molecule has 0 aliphatic carbocycles. The molecule has 1 aromatic heterocycles. The highest BCUT2D eigenvalue weighted by Crippen LogP contribution is 2.37. The number of aromatic nitrogens is 2. The molecule has 3 atom stereocenters. The molecule has 2 N–H and O–H groups in total. The Labute approximate surface area is 230 Å². The lowest BCUT2D eigenvalue weighted by molar-refractivity contribution is -0.137. The molecule has 2 aromatic carbocycles. The normalized spacial score (nSPS) is 25.4. The highest BCUT2D eigenvalue weighted by Gasteiger charge is 2.40. The van der Waals surface area contributed by atoms with Gasteiger partial charge in [0.05, 0.1) is 29.3 Å². The molecule has 2 aliphatic heterocycles. The predicted molar refractivity (Wildman–Crippen MR) is 141 cm³/mol. The molecule has 8 nitrogen and oxygen atoms in total. The monoisotopic (exact) mass is 584 g/mol. The van der Waals surface area contributed by atoms with Crippen LogP contribution in [-0.2, 0) is 21.8 Å². The molecule has 2 fully saturated rings. The first-order valence-electron chi connectivity index (χ1n) is 13.1. The third kappa shape index (κ3) is 5.97. The number of halogens is 4. The van der Waals surface area contributed by atoms with Crippen molar-refractivity contribution in [3.63, 3.8) is 0 Å². The summed E-state index contributed by atoms with van der Waals surface area (Å²) in [5, 5.41) is 14.7. The number of hydrogen-bond acceptors (Lipinski definition) is 6. The lowest BCUT2D eigenvalue weighted by Crippen LogP contribution is -2.53. The van der Waals surface area contributed by atoms with Crippen LogP contribution in [0, 0.1) is 5.82 Å². The van der Waals surface area contributed by atoms with E-state index in [1.54, 1.807) is 17.0 Å². The largest absolute Gasteiger partial charge is 0.492 e. The molecule has 3 aromatic rings. The summed E-state index contributed by atoms with van der Waals surface area (Å²) in [6.07, 6.45) is -0.106. The van der Waals surface area contributed by atoms with Crippen LogP contribution in [-0.4, -0.2) is 65.4 Å². The van der Waals surface area contributed by atoms with E-state index in [9.17, 15) is 26.7 Å². The minimum atomic E-state index is -4.46. The van der Waals surface area contributed by atoms with E-state index in [-0.39, 0.29) is 36.9 Å². The Kier molecular flexibility index (Phi) is 7.62. The van der Waals surface area contributed by atoms with Crippen molar-refractivity contribution >= 4 is 21.1 Å². The maximum Gasteiger partial charge on any atom is 0.416 e. The van der Waals surface area contributed by atoms with Crippen LogP contribution in [0.2, 0.25) is 0 Å². The molecular formula is C27H32F4N4O4S. The Morgan fingerprint density at radius 1 is 1.15 bits per heavy atom. The summed E-state index contributed by atoms with van der Waals surface area (Å²) in [5.74, 6) is -0.248. The van der Waals surface area contributed by atoms with Gasteiger partial charge in [0.1, 0.15) is 17.9 Å². The van der Waals surface area contributed by atoms with Crippen molar-refractivity contribution in [1.82, 2.24) is 19.2 Å². The summed E-state index contributed by atoms with van der Waals surface area (Å²) in [5.41, 5.74) is -0.984. The number of rotatable bonds is 6. The number of aliphatic hydroxyl groups is 1. The van der Waals surface area contributed by atoms with Crippen molar-refractivity contribution < 1.29 is 35.8 Å². The van der Waals surface area contributed by atoms with E-state index in [2.05, 4.69) is 10.3 Å². The van der Waals surface area contributed by atoms with Crippen LogP contribution in [0.25, 0.3) is 11.0 Å². The Morgan fingerprint density at radius 2 is 1.82 bits per heavy atom. The van der Waals surface area contributed by atoms with Gasteiger partial charge in [-0.3, -0.25) is 0 Å². The quantitative estimate of drug-likeness (QED) is 0.422. The van der Waals surface area contributed by atoms with Gasteiger partial charge in [0.25, 0.3) is 0 Å². The first kappa shape index (κ1) is 28.8. The molecule has 3 unspecified atom stereocenters. The van der Waals surface area contributed by atoms with Crippen molar-refractivity contribution in [1.29, 1.82) is 0 Å². The first-order chi connectivity index (χ1) is 18.7. The van der Waals surface area contributed by atoms with Crippen LogP contribution in [0.5, 0.6) is 5.75 Å². The van der Waals surface area contributed by atoms with E-state index < -0.39 is 33.2 Å². The van der Waals surface area contributed by atoms with E-state index in [1.165, 1.54) is 28.8 Å². The van der Waals surface area contributed by atoms with Gasteiger partial charge in [0.15, 0.2) is 5.82 Å². The summed E-state index contributed by atoms with van der Waals surface area (Å²) in [6, 6.07) is 6.91. The Bertz CT molecular complexity index is 1470. The van der Waals surface area contributed by atoms with E-state index in [0.717, 1.165) is 12.1 Å². The lowest BCUT2D eigenvalue weighted by atomic mass is 9.79. The minimum absolute atomic E-state index is 0.0833. The summed E-state index contributed by atoms with van der Waals surface area (Å²) < 4.78 is 86.9. The summed E-state index contributed by atoms with van der Waals surface area (Å²) in [6.45, 7) is 2.69. The summed E-state index contributed by atoms with van der Waals surface area (Å²) in [7, 11) is -3.27. The number of nitrogens with zero attached hydrogens (tertiary/aromatic N) is 3.